The lowest BCUT2D eigenvalue weighted by atomic mass is 10.1. The molecule has 0 unspecified atom stereocenters. The summed E-state index contributed by atoms with van der Waals surface area (Å²) >= 11 is 0. The van der Waals surface area contributed by atoms with Gasteiger partial charge in [0.05, 0.1) is 22.2 Å². The fourth-order valence-electron chi connectivity index (χ4n) is 6.74. The van der Waals surface area contributed by atoms with E-state index in [0.29, 0.717) is 0 Å². The van der Waals surface area contributed by atoms with Crippen molar-refractivity contribution in [3.8, 4) is 0 Å². The lowest BCUT2D eigenvalue weighted by Crippen LogP contribution is -2.77. The van der Waals surface area contributed by atoms with Crippen LogP contribution in [0.4, 0.5) is 0 Å². The van der Waals surface area contributed by atoms with Crippen LogP contribution in [0.5, 0.6) is 0 Å². The first-order chi connectivity index (χ1) is 17.8. The second kappa shape index (κ2) is 7.68. The first kappa shape index (κ1) is 22.5. The molecule has 0 saturated carbocycles. The molecule has 0 aliphatic carbocycles. The van der Waals surface area contributed by atoms with E-state index in [9.17, 15) is 8.42 Å². The summed E-state index contributed by atoms with van der Waals surface area (Å²) in [6, 6.07) is 28.8. The number of benzene rings is 3. The number of fused-ring (bicyclic) bond motifs is 9. The van der Waals surface area contributed by atoms with Crippen LogP contribution in [0, 0.1) is 0 Å². The van der Waals surface area contributed by atoms with Crippen LogP contribution in [0.1, 0.15) is 23.9 Å². The zero-order chi connectivity index (χ0) is 25.4. The average molecular weight is 510 g/mol. The minimum Gasteiger partial charge on any atom is -0.225 e. The third kappa shape index (κ3) is 3.14. The Morgan fingerprint density at radius 2 is 1.30 bits per heavy atom. The van der Waals surface area contributed by atoms with Gasteiger partial charge in [0, 0.05) is 18.6 Å². The quantitative estimate of drug-likeness (QED) is 0.298. The molecule has 184 valence electrons. The molecule has 4 heterocycles. The molecular weight excluding hydrogens is 480 g/mol. The van der Waals surface area contributed by atoms with Crippen molar-refractivity contribution in [3.05, 3.63) is 114 Å². The van der Waals surface area contributed by atoms with Crippen molar-refractivity contribution in [2.24, 2.45) is 5.14 Å². The number of hydrogen-bond acceptors (Lipinski definition) is 2. The van der Waals surface area contributed by atoms with E-state index < -0.39 is 10.0 Å². The van der Waals surface area contributed by atoms with Crippen molar-refractivity contribution >= 4 is 31.6 Å². The number of rotatable bonds is 4. The van der Waals surface area contributed by atoms with Gasteiger partial charge >= 0.3 is 5.79 Å². The SMILES string of the molecule is CC12[n+]3ccc4ccccc4c3C[N+]1(CCc1ccc(S(N)(=O)=O)cc1)Cc1c3ccccc3cc[n+]12. The zero-order valence-electron chi connectivity index (χ0n) is 20.7. The first-order valence-electron chi connectivity index (χ1n) is 12.6. The van der Waals surface area contributed by atoms with Crippen molar-refractivity contribution in [2.75, 3.05) is 6.54 Å². The van der Waals surface area contributed by atoms with Crippen LogP contribution < -0.4 is 14.3 Å². The predicted octanol–water partition coefficient (Wildman–Crippen LogP) is 3.48. The molecular formula is C30H29N4O2S+3. The third-order valence-corrected chi connectivity index (χ3v) is 9.66. The van der Waals surface area contributed by atoms with Crippen molar-refractivity contribution in [2.45, 2.75) is 37.1 Å². The summed E-state index contributed by atoms with van der Waals surface area (Å²) in [5.41, 5.74) is 3.83. The molecule has 0 atom stereocenters. The highest BCUT2D eigenvalue weighted by molar-refractivity contribution is 7.89. The molecule has 7 heteroatoms. The van der Waals surface area contributed by atoms with Gasteiger partial charge in [-0.05, 0) is 40.6 Å². The van der Waals surface area contributed by atoms with Gasteiger partial charge in [0.25, 0.3) is 11.4 Å². The summed E-state index contributed by atoms with van der Waals surface area (Å²) in [6.45, 7) is 5.12. The minimum absolute atomic E-state index is 0.152. The number of pyridine rings is 2. The van der Waals surface area contributed by atoms with Gasteiger partial charge in [0.2, 0.25) is 10.0 Å². The monoisotopic (exact) mass is 509 g/mol. The topological polar surface area (TPSA) is 67.9 Å². The molecule has 2 N–H and O–H groups in total. The molecule has 6 nitrogen and oxygen atoms in total. The largest absolute Gasteiger partial charge is 0.489 e. The van der Waals surface area contributed by atoms with Crippen LogP contribution in [-0.2, 0) is 35.3 Å². The Morgan fingerprint density at radius 1 is 0.784 bits per heavy atom. The Morgan fingerprint density at radius 3 is 1.81 bits per heavy atom. The Hall–Kier alpha value is -3.65. The molecule has 0 amide bonds. The van der Waals surface area contributed by atoms with Gasteiger partial charge in [-0.1, -0.05) is 57.7 Å². The number of sulfonamides is 1. The summed E-state index contributed by atoms with van der Waals surface area (Å²) in [5, 5.41) is 10.5. The van der Waals surface area contributed by atoms with Crippen LogP contribution in [0.15, 0.2) is 102 Å². The zero-order valence-corrected chi connectivity index (χ0v) is 21.5. The van der Waals surface area contributed by atoms with E-state index in [1.165, 1.54) is 32.9 Å². The van der Waals surface area contributed by atoms with Crippen LogP contribution in [0.2, 0.25) is 0 Å². The Labute approximate surface area is 216 Å². The van der Waals surface area contributed by atoms with Crippen molar-refractivity contribution in [3.63, 3.8) is 0 Å². The molecule has 0 spiro atoms. The lowest BCUT2D eigenvalue weighted by Gasteiger charge is -2.30. The Balaban J connectivity index is 1.38. The molecule has 37 heavy (non-hydrogen) atoms. The highest BCUT2D eigenvalue weighted by Crippen LogP contribution is 2.42. The molecule has 0 saturated heterocycles. The standard InChI is InChI=1S/C30H29N4O2S/c1-30-32-17-14-23-6-2-4-8-26(23)28(32)20-34(30,19-16-22-10-12-25(13-11-22)37(31,35)36)21-29-27-9-5-3-7-24(27)15-18-33(29)30/h2-15,17-18H,16,19-21H2,1H3,(H2,31,35,36)/q+3. The van der Waals surface area contributed by atoms with Gasteiger partial charge < -0.3 is 0 Å². The fraction of sp³-hybridized carbons (Fsp3) is 0.200. The maximum Gasteiger partial charge on any atom is 0.489 e. The maximum absolute atomic E-state index is 11.7. The number of nitrogens with two attached hydrogens (primary N) is 1. The normalized spacial score (nSPS) is 22.2. The molecule has 3 aromatic carbocycles. The second-order valence-corrected chi connectivity index (χ2v) is 12.1. The summed E-state index contributed by atoms with van der Waals surface area (Å²) < 4.78 is 29.3. The summed E-state index contributed by atoms with van der Waals surface area (Å²) in [5.74, 6) is -0.320. The molecule has 0 radical (unpaired) electrons. The van der Waals surface area contributed by atoms with E-state index >= 15 is 0 Å². The molecule has 0 fully saturated rings. The predicted molar refractivity (Wildman–Crippen MR) is 141 cm³/mol. The van der Waals surface area contributed by atoms with Gasteiger partial charge in [0.1, 0.15) is 6.92 Å². The molecule has 7 rings (SSSR count). The van der Waals surface area contributed by atoms with E-state index in [4.69, 9.17) is 5.14 Å². The first-order valence-corrected chi connectivity index (χ1v) is 14.2. The second-order valence-electron chi connectivity index (χ2n) is 10.5. The number of primary sulfonamides is 1. The van der Waals surface area contributed by atoms with Gasteiger partial charge in [0.15, 0.2) is 25.5 Å². The molecule has 2 aliphatic rings. The van der Waals surface area contributed by atoms with E-state index in [2.05, 4.69) is 89.1 Å². The van der Waals surface area contributed by atoms with Crippen molar-refractivity contribution in [1.29, 1.82) is 0 Å². The van der Waals surface area contributed by atoms with Crippen LogP contribution in [0.25, 0.3) is 21.5 Å². The Kier molecular flexibility index (Phi) is 4.68. The average Bonchev–Trinajstić information content (AvgIpc) is 3.31. The molecule has 5 aromatic rings. The number of hydrogen-bond donors (Lipinski definition) is 1. The van der Waals surface area contributed by atoms with Crippen LogP contribution >= 0.6 is 0 Å². The molecule has 2 aliphatic heterocycles. The number of aromatic nitrogens is 2. The lowest BCUT2D eigenvalue weighted by molar-refractivity contribution is -1.20. The summed E-state index contributed by atoms with van der Waals surface area (Å²) in [7, 11) is -3.70. The third-order valence-electron chi connectivity index (χ3n) is 8.73. The highest BCUT2D eigenvalue weighted by atomic mass is 32.2. The highest BCUT2D eigenvalue weighted by Gasteiger charge is 2.75. The molecule has 2 aromatic heterocycles. The van der Waals surface area contributed by atoms with E-state index in [-0.39, 0.29) is 10.7 Å². The number of quaternary nitrogens is 1. The fourth-order valence-corrected chi connectivity index (χ4v) is 7.25. The summed E-state index contributed by atoms with van der Waals surface area (Å²) in [4.78, 5) is 0.152. The van der Waals surface area contributed by atoms with Gasteiger partial charge in [-0.3, -0.25) is 0 Å². The smallest absolute Gasteiger partial charge is 0.225 e. The van der Waals surface area contributed by atoms with Crippen LogP contribution in [0.3, 0.4) is 0 Å². The number of nitrogens with zero attached hydrogens (tertiary/aromatic N) is 3. The van der Waals surface area contributed by atoms with Crippen molar-refractivity contribution in [1.82, 2.24) is 0 Å². The Bertz CT molecular complexity index is 1740. The van der Waals surface area contributed by atoms with Gasteiger partial charge in [-0.2, -0.15) is 4.48 Å². The van der Waals surface area contributed by atoms with E-state index in [0.717, 1.165) is 36.1 Å². The van der Waals surface area contributed by atoms with Crippen molar-refractivity contribution < 1.29 is 22.0 Å². The van der Waals surface area contributed by atoms with E-state index in [1.807, 2.05) is 12.1 Å². The minimum atomic E-state index is -3.70. The van der Waals surface area contributed by atoms with Crippen LogP contribution in [-0.4, -0.2) is 19.4 Å². The van der Waals surface area contributed by atoms with E-state index in [1.54, 1.807) is 12.1 Å². The summed E-state index contributed by atoms with van der Waals surface area (Å²) in [6.07, 6.45) is 5.35. The van der Waals surface area contributed by atoms with Gasteiger partial charge in [-0.25, -0.2) is 13.6 Å². The van der Waals surface area contributed by atoms with Gasteiger partial charge in [-0.15, -0.1) is 0 Å². The maximum atomic E-state index is 11.7. The molecule has 0 bridgehead atoms.